The first-order chi connectivity index (χ1) is 6.84. The van der Waals surface area contributed by atoms with Crippen LogP contribution >= 0.6 is 33.9 Å². The first-order valence-corrected chi connectivity index (χ1v) is 6.23. The quantitative estimate of drug-likeness (QED) is 0.879. The minimum atomic E-state index is 0.795. The van der Waals surface area contributed by atoms with Gasteiger partial charge < -0.3 is 5.32 Å². The maximum atomic E-state index is 4.21. The molecule has 0 radical (unpaired) electrons. The summed E-state index contributed by atoms with van der Waals surface area (Å²) in [5.41, 5.74) is 4.09. The molecule has 0 aliphatic rings. The molecule has 4 heteroatoms. The summed E-state index contributed by atoms with van der Waals surface area (Å²) in [6.07, 6.45) is 0. The van der Waals surface area contributed by atoms with Gasteiger partial charge in [0.1, 0.15) is 0 Å². The van der Waals surface area contributed by atoms with Crippen molar-refractivity contribution >= 4 is 39.6 Å². The standard InChI is InChI=1S/C10H9IN2S/c11-8-2-1-3-9(4-8)12-5-10-6-14-7-13-10/h1-4,6-7,12H,5H2. The smallest absolute Gasteiger partial charge is 0.0795 e. The van der Waals surface area contributed by atoms with Crippen LogP contribution < -0.4 is 5.32 Å². The van der Waals surface area contributed by atoms with E-state index in [4.69, 9.17) is 0 Å². The van der Waals surface area contributed by atoms with E-state index in [1.54, 1.807) is 11.3 Å². The van der Waals surface area contributed by atoms with Crippen molar-refractivity contribution in [2.75, 3.05) is 5.32 Å². The zero-order valence-corrected chi connectivity index (χ0v) is 10.4. The van der Waals surface area contributed by atoms with Crippen LogP contribution in [0.4, 0.5) is 5.69 Å². The normalized spacial score (nSPS) is 10.1. The van der Waals surface area contributed by atoms with Gasteiger partial charge in [-0.15, -0.1) is 11.3 Å². The summed E-state index contributed by atoms with van der Waals surface area (Å²) < 4.78 is 1.24. The molecular weight excluding hydrogens is 307 g/mol. The summed E-state index contributed by atoms with van der Waals surface area (Å²) >= 11 is 3.93. The number of hydrogen-bond acceptors (Lipinski definition) is 3. The van der Waals surface area contributed by atoms with Crippen LogP contribution in [-0.4, -0.2) is 4.98 Å². The zero-order chi connectivity index (χ0) is 9.80. The Morgan fingerprint density at radius 2 is 2.36 bits per heavy atom. The Morgan fingerprint density at radius 3 is 3.07 bits per heavy atom. The lowest BCUT2D eigenvalue weighted by Crippen LogP contribution is -1.99. The van der Waals surface area contributed by atoms with Crippen LogP contribution in [0.15, 0.2) is 35.2 Å². The molecule has 0 aliphatic carbocycles. The highest BCUT2D eigenvalue weighted by molar-refractivity contribution is 14.1. The third-order valence-corrected chi connectivity index (χ3v) is 3.09. The molecule has 0 saturated carbocycles. The molecule has 14 heavy (non-hydrogen) atoms. The predicted octanol–water partition coefficient (Wildman–Crippen LogP) is 3.36. The van der Waals surface area contributed by atoms with Crippen molar-refractivity contribution in [3.63, 3.8) is 0 Å². The van der Waals surface area contributed by atoms with Gasteiger partial charge in [0.2, 0.25) is 0 Å². The lowest BCUT2D eigenvalue weighted by atomic mass is 10.3. The molecule has 1 heterocycles. The van der Waals surface area contributed by atoms with Gasteiger partial charge in [0.25, 0.3) is 0 Å². The number of rotatable bonds is 3. The van der Waals surface area contributed by atoms with Crippen molar-refractivity contribution in [2.45, 2.75) is 6.54 Å². The number of hydrogen-bond donors (Lipinski definition) is 1. The van der Waals surface area contributed by atoms with E-state index in [1.807, 2.05) is 11.6 Å². The van der Waals surface area contributed by atoms with E-state index in [0.29, 0.717) is 0 Å². The molecular formula is C10H9IN2S. The number of nitrogens with zero attached hydrogens (tertiary/aromatic N) is 1. The molecule has 0 fully saturated rings. The second-order valence-electron chi connectivity index (χ2n) is 2.84. The Hall–Kier alpha value is -0.620. The van der Waals surface area contributed by atoms with Gasteiger partial charge in [-0.05, 0) is 40.8 Å². The van der Waals surface area contributed by atoms with Gasteiger partial charge in [-0.3, -0.25) is 0 Å². The Balaban J connectivity index is 1.98. The van der Waals surface area contributed by atoms with Gasteiger partial charge in [-0.25, -0.2) is 4.98 Å². The van der Waals surface area contributed by atoms with Crippen LogP contribution in [0.5, 0.6) is 0 Å². The summed E-state index contributed by atoms with van der Waals surface area (Å²) in [7, 11) is 0. The molecule has 1 aromatic heterocycles. The summed E-state index contributed by atoms with van der Waals surface area (Å²) in [5, 5.41) is 5.38. The first kappa shape index (κ1) is 9.92. The average molecular weight is 316 g/mol. The van der Waals surface area contributed by atoms with E-state index >= 15 is 0 Å². The average Bonchev–Trinajstić information content (AvgIpc) is 2.67. The highest BCUT2D eigenvalue weighted by Crippen LogP contribution is 2.13. The molecule has 2 aromatic rings. The van der Waals surface area contributed by atoms with Crippen LogP contribution in [0.1, 0.15) is 5.69 Å². The van der Waals surface area contributed by atoms with Crippen molar-refractivity contribution in [2.24, 2.45) is 0 Å². The molecule has 0 bridgehead atoms. The minimum Gasteiger partial charge on any atom is -0.379 e. The number of thiazole rings is 1. The molecule has 0 unspecified atom stereocenters. The van der Waals surface area contributed by atoms with Gasteiger partial charge in [-0.1, -0.05) is 6.07 Å². The molecule has 0 amide bonds. The minimum absolute atomic E-state index is 0.795. The van der Waals surface area contributed by atoms with E-state index < -0.39 is 0 Å². The van der Waals surface area contributed by atoms with Crippen LogP contribution in [0.3, 0.4) is 0 Å². The largest absolute Gasteiger partial charge is 0.379 e. The van der Waals surface area contributed by atoms with E-state index in [1.165, 1.54) is 3.57 Å². The lowest BCUT2D eigenvalue weighted by Gasteiger charge is -2.04. The Bertz CT molecular complexity index is 400. The van der Waals surface area contributed by atoms with Crippen molar-refractivity contribution < 1.29 is 0 Å². The predicted molar refractivity (Wildman–Crippen MR) is 68.6 cm³/mol. The van der Waals surface area contributed by atoms with Crippen LogP contribution in [0.25, 0.3) is 0 Å². The van der Waals surface area contributed by atoms with Crippen LogP contribution in [-0.2, 0) is 6.54 Å². The van der Waals surface area contributed by atoms with E-state index in [9.17, 15) is 0 Å². The molecule has 0 spiro atoms. The molecule has 0 saturated heterocycles. The molecule has 1 aromatic carbocycles. The van der Waals surface area contributed by atoms with E-state index in [-0.39, 0.29) is 0 Å². The highest BCUT2D eigenvalue weighted by atomic mass is 127. The summed E-state index contributed by atoms with van der Waals surface area (Å²) in [6, 6.07) is 8.31. The third kappa shape index (κ3) is 2.68. The van der Waals surface area contributed by atoms with Gasteiger partial charge in [0, 0.05) is 14.6 Å². The fourth-order valence-electron chi connectivity index (χ4n) is 1.12. The van der Waals surface area contributed by atoms with Gasteiger partial charge in [-0.2, -0.15) is 0 Å². The lowest BCUT2D eigenvalue weighted by molar-refractivity contribution is 1.07. The molecule has 72 valence electrons. The van der Waals surface area contributed by atoms with Crippen LogP contribution in [0.2, 0.25) is 0 Å². The van der Waals surface area contributed by atoms with Crippen molar-refractivity contribution in [1.29, 1.82) is 0 Å². The molecule has 0 atom stereocenters. The highest BCUT2D eigenvalue weighted by Gasteiger charge is 1.95. The molecule has 0 aliphatic heterocycles. The fourth-order valence-corrected chi connectivity index (χ4v) is 2.22. The van der Waals surface area contributed by atoms with Crippen molar-refractivity contribution in [1.82, 2.24) is 4.98 Å². The second-order valence-corrected chi connectivity index (χ2v) is 4.81. The number of benzene rings is 1. The summed E-state index contributed by atoms with van der Waals surface area (Å²) in [4.78, 5) is 4.21. The third-order valence-electron chi connectivity index (χ3n) is 1.78. The number of aromatic nitrogens is 1. The fraction of sp³-hybridized carbons (Fsp3) is 0.100. The van der Waals surface area contributed by atoms with E-state index in [0.717, 1.165) is 17.9 Å². The first-order valence-electron chi connectivity index (χ1n) is 4.21. The van der Waals surface area contributed by atoms with Gasteiger partial charge in [0.05, 0.1) is 17.7 Å². The maximum Gasteiger partial charge on any atom is 0.0795 e. The topological polar surface area (TPSA) is 24.9 Å². The Labute approximate surface area is 101 Å². The van der Waals surface area contributed by atoms with Crippen molar-refractivity contribution in [3.05, 3.63) is 44.4 Å². The molecule has 2 nitrogen and oxygen atoms in total. The number of halogens is 1. The summed E-state index contributed by atoms with van der Waals surface area (Å²) in [5.74, 6) is 0. The van der Waals surface area contributed by atoms with E-state index in [2.05, 4.69) is 56.5 Å². The van der Waals surface area contributed by atoms with Gasteiger partial charge >= 0.3 is 0 Å². The number of anilines is 1. The van der Waals surface area contributed by atoms with Crippen molar-refractivity contribution in [3.8, 4) is 0 Å². The monoisotopic (exact) mass is 316 g/mol. The Morgan fingerprint density at radius 1 is 1.43 bits per heavy atom. The van der Waals surface area contributed by atoms with Gasteiger partial charge in [0.15, 0.2) is 0 Å². The summed E-state index contributed by atoms with van der Waals surface area (Å²) in [6.45, 7) is 0.795. The Kier molecular flexibility index (Phi) is 3.36. The second kappa shape index (κ2) is 4.75. The SMILES string of the molecule is Ic1cccc(NCc2cscn2)c1. The number of nitrogens with one attached hydrogen (secondary N) is 1. The molecule has 1 N–H and O–H groups in total. The zero-order valence-electron chi connectivity index (χ0n) is 7.40. The van der Waals surface area contributed by atoms with Crippen LogP contribution in [0, 0.1) is 3.57 Å². The molecule has 2 rings (SSSR count). The maximum absolute atomic E-state index is 4.21.